The minimum Gasteiger partial charge on any atom is -0.469 e. The molecule has 0 aromatic carbocycles. The smallest absolute Gasteiger partial charge is 0.237 e. The molecule has 0 saturated carbocycles. The minimum atomic E-state index is 0.0154. The van der Waals surface area contributed by atoms with Crippen molar-refractivity contribution in [3.8, 4) is 0 Å². The summed E-state index contributed by atoms with van der Waals surface area (Å²) in [6.07, 6.45) is 4.45. The summed E-state index contributed by atoms with van der Waals surface area (Å²) >= 11 is 0. The zero-order valence-electron chi connectivity index (χ0n) is 8.66. The zero-order valence-corrected chi connectivity index (χ0v) is 8.66. The number of carbonyl (C=O) groups excluding carboxylic acids is 1. The molecule has 0 radical (unpaired) electrons. The van der Waals surface area contributed by atoms with Crippen molar-refractivity contribution >= 4 is 5.91 Å². The summed E-state index contributed by atoms with van der Waals surface area (Å²) in [4.78, 5) is 11.6. The number of rotatable bonds is 4. The monoisotopic (exact) mass is 208 g/mol. The molecule has 1 saturated heterocycles. The van der Waals surface area contributed by atoms with Crippen LogP contribution in [0.25, 0.3) is 0 Å². The summed E-state index contributed by atoms with van der Waals surface area (Å²) in [5, 5.41) is 6.07. The summed E-state index contributed by atoms with van der Waals surface area (Å²) in [5.41, 5.74) is 0. The van der Waals surface area contributed by atoms with Crippen molar-refractivity contribution in [2.75, 3.05) is 13.1 Å². The lowest BCUT2D eigenvalue weighted by Gasteiger charge is -2.10. The molecule has 1 aliphatic rings. The Hall–Kier alpha value is -1.29. The van der Waals surface area contributed by atoms with Crippen LogP contribution in [0.5, 0.6) is 0 Å². The van der Waals surface area contributed by atoms with E-state index in [0.717, 1.165) is 31.6 Å². The summed E-state index contributed by atoms with van der Waals surface area (Å²) < 4.78 is 5.17. The third kappa shape index (κ3) is 2.83. The molecular formula is C11H16N2O2. The van der Waals surface area contributed by atoms with Gasteiger partial charge >= 0.3 is 0 Å². The van der Waals surface area contributed by atoms with Gasteiger partial charge in [0.2, 0.25) is 5.91 Å². The summed E-state index contributed by atoms with van der Waals surface area (Å²) in [7, 11) is 0. The van der Waals surface area contributed by atoms with Gasteiger partial charge in [-0.25, -0.2) is 0 Å². The highest BCUT2D eigenvalue weighted by Crippen LogP contribution is 2.04. The number of carbonyl (C=O) groups is 1. The molecule has 15 heavy (non-hydrogen) atoms. The second-order valence-corrected chi connectivity index (χ2v) is 3.77. The Morgan fingerprint density at radius 2 is 2.60 bits per heavy atom. The van der Waals surface area contributed by atoms with Gasteiger partial charge in [0.1, 0.15) is 5.76 Å². The maximum atomic E-state index is 11.6. The molecule has 1 atom stereocenters. The Bertz CT molecular complexity index is 302. The van der Waals surface area contributed by atoms with Crippen molar-refractivity contribution in [3.63, 3.8) is 0 Å². The van der Waals surface area contributed by atoms with Crippen LogP contribution in [0.15, 0.2) is 22.8 Å². The Kier molecular flexibility index (Phi) is 3.40. The predicted octanol–water partition coefficient (Wildman–Crippen LogP) is 0.690. The fourth-order valence-electron chi connectivity index (χ4n) is 1.80. The van der Waals surface area contributed by atoms with Crippen LogP contribution >= 0.6 is 0 Å². The molecule has 0 aliphatic carbocycles. The van der Waals surface area contributed by atoms with Gasteiger partial charge in [0.25, 0.3) is 0 Å². The van der Waals surface area contributed by atoms with Gasteiger partial charge in [0.05, 0.1) is 12.3 Å². The van der Waals surface area contributed by atoms with Gasteiger partial charge < -0.3 is 15.1 Å². The van der Waals surface area contributed by atoms with Crippen LogP contribution in [0, 0.1) is 0 Å². The minimum absolute atomic E-state index is 0.0154. The molecule has 4 nitrogen and oxygen atoms in total. The average Bonchev–Trinajstić information content (AvgIpc) is 2.90. The van der Waals surface area contributed by atoms with E-state index in [4.69, 9.17) is 4.42 Å². The van der Waals surface area contributed by atoms with E-state index in [0.29, 0.717) is 6.54 Å². The average molecular weight is 208 g/mol. The van der Waals surface area contributed by atoms with E-state index in [1.165, 1.54) is 0 Å². The van der Waals surface area contributed by atoms with Gasteiger partial charge in [-0.1, -0.05) is 0 Å². The van der Waals surface area contributed by atoms with E-state index in [1.54, 1.807) is 6.26 Å². The molecular weight excluding hydrogens is 192 g/mol. The Balaban J connectivity index is 1.67. The standard InChI is InChI=1S/C11H16N2O2/c14-11(10-4-1-6-12-10)13-7-5-9-3-2-8-15-9/h2-3,8,10,12H,1,4-7H2,(H,13,14). The normalized spacial score (nSPS) is 20.4. The highest BCUT2D eigenvalue weighted by Gasteiger charge is 2.21. The second-order valence-electron chi connectivity index (χ2n) is 3.77. The van der Waals surface area contributed by atoms with E-state index < -0.39 is 0 Å². The molecule has 1 amide bonds. The molecule has 1 aromatic rings. The molecule has 1 aromatic heterocycles. The van der Waals surface area contributed by atoms with Crippen molar-refractivity contribution in [2.24, 2.45) is 0 Å². The van der Waals surface area contributed by atoms with Crippen LogP contribution in [0.2, 0.25) is 0 Å². The lowest BCUT2D eigenvalue weighted by atomic mass is 10.2. The third-order valence-electron chi connectivity index (χ3n) is 2.63. The van der Waals surface area contributed by atoms with E-state index in [2.05, 4.69) is 10.6 Å². The van der Waals surface area contributed by atoms with Crippen LogP contribution in [0.4, 0.5) is 0 Å². The fraction of sp³-hybridized carbons (Fsp3) is 0.545. The van der Waals surface area contributed by atoms with Crippen LogP contribution in [-0.4, -0.2) is 25.0 Å². The summed E-state index contributed by atoms with van der Waals surface area (Å²) in [5.74, 6) is 1.02. The molecule has 82 valence electrons. The van der Waals surface area contributed by atoms with E-state index >= 15 is 0 Å². The first-order valence-corrected chi connectivity index (χ1v) is 5.40. The molecule has 1 unspecified atom stereocenters. The highest BCUT2D eigenvalue weighted by molar-refractivity contribution is 5.81. The third-order valence-corrected chi connectivity index (χ3v) is 2.63. The molecule has 1 fully saturated rings. The van der Waals surface area contributed by atoms with Crippen LogP contribution in [0.1, 0.15) is 18.6 Å². The second kappa shape index (κ2) is 4.98. The zero-order chi connectivity index (χ0) is 10.5. The van der Waals surface area contributed by atoms with Crippen LogP contribution < -0.4 is 10.6 Å². The molecule has 2 N–H and O–H groups in total. The van der Waals surface area contributed by atoms with Gasteiger partial charge in [-0.3, -0.25) is 4.79 Å². The van der Waals surface area contributed by atoms with Gasteiger partial charge in [0, 0.05) is 13.0 Å². The lowest BCUT2D eigenvalue weighted by molar-refractivity contribution is -0.122. The van der Waals surface area contributed by atoms with Gasteiger partial charge in [-0.15, -0.1) is 0 Å². The van der Waals surface area contributed by atoms with Gasteiger partial charge in [-0.05, 0) is 31.5 Å². The van der Waals surface area contributed by atoms with Crippen molar-refractivity contribution in [3.05, 3.63) is 24.2 Å². The summed E-state index contributed by atoms with van der Waals surface area (Å²) in [6.45, 7) is 1.60. The molecule has 0 bridgehead atoms. The molecule has 1 aliphatic heterocycles. The van der Waals surface area contributed by atoms with Gasteiger partial charge in [0.15, 0.2) is 0 Å². The molecule has 2 rings (SSSR count). The Morgan fingerprint density at radius 3 is 3.27 bits per heavy atom. The van der Waals surface area contributed by atoms with Crippen LogP contribution in [0.3, 0.4) is 0 Å². The predicted molar refractivity (Wildman–Crippen MR) is 56.4 cm³/mol. The molecule has 2 heterocycles. The first-order valence-electron chi connectivity index (χ1n) is 5.40. The number of nitrogens with one attached hydrogen (secondary N) is 2. The van der Waals surface area contributed by atoms with Crippen molar-refractivity contribution in [1.82, 2.24) is 10.6 Å². The Labute approximate surface area is 89.0 Å². The van der Waals surface area contributed by atoms with E-state index in [1.807, 2.05) is 12.1 Å². The van der Waals surface area contributed by atoms with Gasteiger partial charge in [-0.2, -0.15) is 0 Å². The molecule has 0 spiro atoms. The maximum Gasteiger partial charge on any atom is 0.237 e. The number of hydrogen-bond acceptors (Lipinski definition) is 3. The number of amides is 1. The number of hydrogen-bond donors (Lipinski definition) is 2. The lowest BCUT2D eigenvalue weighted by Crippen LogP contribution is -2.41. The largest absolute Gasteiger partial charge is 0.469 e. The topological polar surface area (TPSA) is 54.3 Å². The van der Waals surface area contributed by atoms with Crippen molar-refractivity contribution in [2.45, 2.75) is 25.3 Å². The molecule has 4 heteroatoms. The van der Waals surface area contributed by atoms with Crippen molar-refractivity contribution < 1.29 is 9.21 Å². The highest BCUT2D eigenvalue weighted by atomic mass is 16.3. The Morgan fingerprint density at radius 1 is 1.67 bits per heavy atom. The fourth-order valence-corrected chi connectivity index (χ4v) is 1.80. The SMILES string of the molecule is O=C(NCCc1ccco1)C1CCCN1. The van der Waals surface area contributed by atoms with E-state index in [9.17, 15) is 4.79 Å². The quantitative estimate of drug-likeness (QED) is 0.765. The van der Waals surface area contributed by atoms with E-state index in [-0.39, 0.29) is 11.9 Å². The summed E-state index contributed by atoms with van der Waals surface area (Å²) in [6, 6.07) is 3.79. The van der Waals surface area contributed by atoms with Crippen LogP contribution in [-0.2, 0) is 11.2 Å². The van der Waals surface area contributed by atoms with Crippen molar-refractivity contribution in [1.29, 1.82) is 0 Å². The first kappa shape index (κ1) is 10.2. The maximum absolute atomic E-state index is 11.6. The number of furan rings is 1. The first-order chi connectivity index (χ1) is 7.36.